The van der Waals surface area contributed by atoms with E-state index in [1.807, 2.05) is 7.05 Å². The highest BCUT2D eigenvalue weighted by molar-refractivity contribution is 5.83. The number of carbonyl (C=O) groups excluding carboxylic acids is 1. The number of carbonyl (C=O) groups is 1. The number of hydrogen-bond donors (Lipinski definition) is 2. The third-order valence-electron chi connectivity index (χ3n) is 3.37. The topological polar surface area (TPSA) is 49.3 Å². The van der Waals surface area contributed by atoms with E-state index in [4.69, 9.17) is 0 Å². The Morgan fingerprint density at radius 1 is 1.75 bits per heavy atom. The summed E-state index contributed by atoms with van der Waals surface area (Å²) < 4.78 is 0. The zero-order chi connectivity index (χ0) is 12.1. The summed E-state index contributed by atoms with van der Waals surface area (Å²) in [5.41, 5.74) is 0.991. The molecule has 0 heterocycles. The first-order chi connectivity index (χ1) is 7.58. The molecule has 1 saturated carbocycles. The van der Waals surface area contributed by atoms with E-state index in [1.165, 1.54) is 0 Å². The van der Waals surface area contributed by atoms with Crippen molar-refractivity contribution in [3.63, 3.8) is 0 Å². The molecule has 16 heavy (non-hydrogen) atoms. The maximum atomic E-state index is 11.2. The van der Waals surface area contributed by atoms with Gasteiger partial charge in [0.25, 0.3) is 0 Å². The van der Waals surface area contributed by atoms with Gasteiger partial charge in [-0.25, -0.2) is 0 Å². The van der Waals surface area contributed by atoms with Crippen LogP contribution in [-0.4, -0.2) is 30.1 Å². The largest absolute Gasteiger partial charge is 0.385 e. The minimum atomic E-state index is -0.772. The maximum Gasteiger partial charge on any atom is 0.161 e. The van der Waals surface area contributed by atoms with Gasteiger partial charge in [0.1, 0.15) is 6.10 Å². The van der Waals surface area contributed by atoms with Crippen molar-refractivity contribution in [1.29, 1.82) is 0 Å². The fourth-order valence-electron chi connectivity index (χ4n) is 2.27. The lowest BCUT2D eigenvalue weighted by atomic mass is 9.80. The van der Waals surface area contributed by atoms with E-state index in [9.17, 15) is 9.90 Å². The van der Waals surface area contributed by atoms with Gasteiger partial charge in [-0.1, -0.05) is 24.8 Å². The van der Waals surface area contributed by atoms with Crippen LogP contribution < -0.4 is 5.32 Å². The molecule has 0 radical (unpaired) electrons. The molecule has 3 atom stereocenters. The molecule has 2 N–H and O–H groups in total. The highest BCUT2D eigenvalue weighted by atomic mass is 16.3. The molecule has 1 aliphatic carbocycles. The molecule has 0 saturated heterocycles. The van der Waals surface area contributed by atoms with Crippen molar-refractivity contribution in [2.75, 3.05) is 7.05 Å². The highest BCUT2D eigenvalue weighted by Crippen LogP contribution is 2.27. The first-order valence-electron chi connectivity index (χ1n) is 5.76. The molecule has 1 aliphatic rings. The van der Waals surface area contributed by atoms with Crippen LogP contribution in [0.5, 0.6) is 0 Å². The average molecular weight is 223 g/mol. The molecule has 0 aromatic carbocycles. The number of nitrogens with one attached hydrogen (secondary N) is 1. The summed E-state index contributed by atoms with van der Waals surface area (Å²) in [6.07, 6.45) is 3.72. The maximum absolute atomic E-state index is 11.2. The van der Waals surface area contributed by atoms with Crippen molar-refractivity contribution < 1.29 is 9.90 Å². The number of aliphatic hydroxyl groups is 1. The number of Topliss-reactive ketones (excluding diaryl/α,β-unsaturated/α-hetero) is 1. The summed E-state index contributed by atoms with van der Waals surface area (Å²) in [5.74, 6) is 0.322. The van der Waals surface area contributed by atoms with E-state index < -0.39 is 6.10 Å². The Morgan fingerprint density at radius 2 is 2.44 bits per heavy atom. The lowest BCUT2D eigenvalue weighted by Gasteiger charge is -2.32. The highest BCUT2D eigenvalue weighted by Gasteiger charge is 2.31. The van der Waals surface area contributed by atoms with E-state index >= 15 is 0 Å². The number of aliphatic hydroxyl groups excluding tert-OH is 1. The van der Waals surface area contributed by atoms with Crippen LogP contribution in [0.3, 0.4) is 0 Å². The Kier molecular flexibility index (Phi) is 4.90. The molecule has 3 nitrogen and oxygen atoms in total. The van der Waals surface area contributed by atoms with Gasteiger partial charge in [0.05, 0.1) is 0 Å². The summed E-state index contributed by atoms with van der Waals surface area (Å²) in [7, 11) is 1.91. The quantitative estimate of drug-likeness (QED) is 0.693. The van der Waals surface area contributed by atoms with E-state index in [0.29, 0.717) is 18.8 Å². The number of rotatable bonds is 5. The summed E-state index contributed by atoms with van der Waals surface area (Å²) in [5, 5.41) is 12.8. The van der Waals surface area contributed by atoms with E-state index in [-0.39, 0.29) is 11.8 Å². The predicted octanol–water partition coefficient (Wildman–Crippen LogP) is 1.44. The van der Waals surface area contributed by atoms with Crippen LogP contribution in [0.15, 0.2) is 24.8 Å². The monoisotopic (exact) mass is 223 g/mol. The van der Waals surface area contributed by atoms with Crippen LogP contribution in [0.1, 0.15) is 25.7 Å². The van der Waals surface area contributed by atoms with Crippen LogP contribution in [0, 0.1) is 5.92 Å². The molecular formula is C13H21NO2. The first-order valence-corrected chi connectivity index (χ1v) is 5.76. The second-order valence-electron chi connectivity index (χ2n) is 4.48. The molecular weight excluding hydrogens is 202 g/mol. The Labute approximate surface area is 97.2 Å². The van der Waals surface area contributed by atoms with Crippen molar-refractivity contribution >= 4 is 5.78 Å². The van der Waals surface area contributed by atoms with Gasteiger partial charge < -0.3 is 10.4 Å². The average Bonchev–Trinajstić information content (AvgIpc) is 2.29. The summed E-state index contributed by atoms with van der Waals surface area (Å²) in [4.78, 5) is 11.2. The van der Waals surface area contributed by atoms with E-state index in [1.54, 1.807) is 6.08 Å². The van der Waals surface area contributed by atoms with Crippen LogP contribution in [0.25, 0.3) is 0 Å². The Morgan fingerprint density at radius 3 is 2.94 bits per heavy atom. The van der Waals surface area contributed by atoms with Gasteiger partial charge in [0, 0.05) is 12.5 Å². The van der Waals surface area contributed by atoms with Crippen molar-refractivity contribution in [1.82, 2.24) is 5.32 Å². The zero-order valence-electron chi connectivity index (χ0n) is 9.91. The molecule has 3 unspecified atom stereocenters. The summed E-state index contributed by atoms with van der Waals surface area (Å²) >= 11 is 0. The van der Waals surface area contributed by atoms with Gasteiger partial charge in [-0.3, -0.25) is 4.79 Å². The summed E-state index contributed by atoms with van der Waals surface area (Å²) in [6, 6.07) is 0.272. The van der Waals surface area contributed by atoms with Gasteiger partial charge in [-0.15, -0.1) is 0 Å². The van der Waals surface area contributed by atoms with Crippen molar-refractivity contribution in [3.05, 3.63) is 24.8 Å². The number of hydrogen-bond acceptors (Lipinski definition) is 3. The Hall–Kier alpha value is -0.930. The molecule has 0 aromatic rings. The fraction of sp³-hybridized carbons (Fsp3) is 0.615. The molecule has 0 bridgehead atoms. The first kappa shape index (κ1) is 13.1. The predicted molar refractivity (Wildman–Crippen MR) is 65.2 cm³/mol. The van der Waals surface area contributed by atoms with Crippen molar-refractivity contribution in [2.24, 2.45) is 5.92 Å². The minimum Gasteiger partial charge on any atom is -0.385 e. The van der Waals surface area contributed by atoms with E-state index in [2.05, 4.69) is 18.5 Å². The Bertz CT molecular complexity index is 286. The second kappa shape index (κ2) is 5.97. The number of allylic oxidation sites excluding steroid dienone is 1. The van der Waals surface area contributed by atoms with Crippen LogP contribution in [0.2, 0.25) is 0 Å². The van der Waals surface area contributed by atoms with Gasteiger partial charge in [-0.2, -0.15) is 0 Å². The van der Waals surface area contributed by atoms with Crippen LogP contribution in [0.4, 0.5) is 0 Å². The van der Waals surface area contributed by atoms with Gasteiger partial charge in [-0.05, 0) is 32.2 Å². The van der Waals surface area contributed by atoms with Crippen LogP contribution >= 0.6 is 0 Å². The lowest BCUT2D eigenvalue weighted by Crippen LogP contribution is -2.40. The lowest BCUT2D eigenvalue weighted by molar-refractivity contribution is -0.130. The number of ketones is 1. The second-order valence-corrected chi connectivity index (χ2v) is 4.48. The molecule has 0 amide bonds. The standard InChI is InChI=1S/C13H21NO2/c1-4-9(2)7-11(14-3)10-5-6-12(15)13(16)8-10/h4,10-11,13-14,16H,1-2,5-8H2,3H3. The smallest absolute Gasteiger partial charge is 0.161 e. The van der Waals surface area contributed by atoms with Crippen LogP contribution in [-0.2, 0) is 4.79 Å². The van der Waals surface area contributed by atoms with E-state index in [0.717, 1.165) is 18.4 Å². The van der Waals surface area contributed by atoms with Gasteiger partial charge in [0.2, 0.25) is 0 Å². The SMILES string of the molecule is C=CC(=C)CC(NC)C1CCC(=O)C(O)C1. The normalized spacial score (nSPS) is 27.5. The third kappa shape index (κ3) is 3.29. The van der Waals surface area contributed by atoms with Crippen molar-refractivity contribution in [3.8, 4) is 0 Å². The fourth-order valence-corrected chi connectivity index (χ4v) is 2.27. The minimum absolute atomic E-state index is 0.0198. The molecule has 0 aromatic heterocycles. The van der Waals surface area contributed by atoms with Crippen molar-refractivity contribution in [2.45, 2.75) is 37.8 Å². The molecule has 0 spiro atoms. The van der Waals surface area contributed by atoms with Gasteiger partial charge >= 0.3 is 0 Å². The Balaban J connectivity index is 2.56. The zero-order valence-corrected chi connectivity index (χ0v) is 9.91. The molecule has 1 fully saturated rings. The third-order valence-corrected chi connectivity index (χ3v) is 3.37. The van der Waals surface area contributed by atoms with Gasteiger partial charge in [0.15, 0.2) is 5.78 Å². The summed E-state index contributed by atoms with van der Waals surface area (Å²) in [6.45, 7) is 7.59. The molecule has 0 aliphatic heterocycles. The molecule has 3 heteroatoms. The molecule has 1 rings (SSSR count). The molecule has 90 valence electrons.